The van der Waals surface area contributed by atoms with E-state index >= 15 is 0 Å². The minimum absolute atomic E-state index is 0.0576. The summed E-state index contributed by atoms with van der Waals surface area (Å²) < 4.78 is 1.55. The normalized spacial score (nSPS) is 15.7. The van der Waals surface area contributed by atoms with Crippen LogP contribution in [0.25, 0.3) is 0 Å². The molecule has 2 aromatic heterocycles. The third-order valence-corrected chi connectivity index (χ3v) is 4.44. The number of aryl methyl sites for hydroxylation is 2. The van der Waals surface area contributed by atoms with Crippen LogP contribution < -0.4 is 15.8 Å². The van der Waals surface area contributed by atoms with Crippen LogP contribution in [-0.2, 0) is 13.6 Å². The maximum atomic E-state index is 12.1. The molecule has 3 heterocycles. The van der Waals surface area contributed by atoms with Gasteiger partial charge in [-0.15, -0.1) is 0 Å². The first kappa shape index (κ1) is 16.4. The SMILES string of the molecule is Cc1ccc(O)c(CNC2CCN(c3nccn(C)c3=O)CC2)n1. The van der Waals surface area contributed by atoms with Crippen LogP contribution in [-0.4, -0.2) is 38.8 Å². The largest absolute Gasteiger partial charge is 0.506 e. The number of piperidine rings is 1. The van der Waals surface area contributed by atoms with E-state index in [1.807, 2.05) is 11.8 Å². The summed E-state index contributed by atoms with van der Waals surface area (Å²) in [6.45, 7) is 4.03. The second kappa shape index (κ2) is 7.00. The Morgan fingerprint density at radius 2 is 2.08 bits per heavy atom. The number of hydrogen-bond acceptors (Lipinski definition) is 6. The molecule has 2 aromatic rings. The van der Waals surface area contributed by atoms with Gasteiger partial charge in [0.15, 0.2) is 5.82 Å². The standard InChI is InChI=1S/C17H23N5O2/c1-12-3-4-15(23)14(20-12)11-19-13-5-8-22(9-6-13)16-17(24)21(2)10-7-18-16/h3-4,7,10,13,19,23H,5-6,8-9,11H2,1-2H3. The lowest BCUT2D eigenvalue weighted by molar-refractivity contribution is 0.401. The summed E-state index contributed by atoms with van der Waals surface area (Å²) in [5, 5.41) is 13.3. The monoisotopic (exact) mass is 329 g/mol. The van der Waals surface area contributed by atoms with Crippen LogP contribution in [0.5, 0.6) is 5.75 Å². The van der Waals surface area contributed by atoms with E-state index in [1.165, 1.54) is 0 Å². The Morgan fingerprint density at radius 1 is 1.33 bits per heavy atom. The zero-order chi connectivity index (χ0) is 17.1. The number of aromatic hydroxyl groups is 1. The van der Waals surface area contributed by atoms with Gasteiger partial charge < -0.3 is 19.9 Å². The predicted octanol–water partition coefficient (Wildman–Crippen LogP) is 0.948. The van der Waals surface area contributed by atoms with Gasteiger partial charge in [0.05, 0.1) is 5.69 Å². The van der Waals surface area contributed by atoms with E-state index in [0.717, 1.165) is 31.6 Å². The Hall–Kier alpha value is -2.41. The van der Waals surface area contributed by atoms with Crippen LogP contribution in [0, 0.1) is 6.92 Å². The van der Waals surface area contributed by atoms with Crippen molar-refractivity contribution in [1.82, 2.24) is 19.9 Å². The number of nitrogens with zero attached hydrogens (tertiary/aromatic N) is 4. The molecular formula is C17H23N5O2. The van der Waals surface area contributed by atoms with Crippen molar-refractivity contribution in [3.05, 3.63) is 46.3 Å². The molecule has 0 unspecified atom stereocenters. The summed E-state index contributed by atoms with van der Waals surface area (Å²) in [6, 6.07) is 3.82. The maximum absolute atomic E-state index is 12.1. The third kappa shape index (κ3) is 3.56. The van der Waals surface area contributed by atoms with Gasteiger partial charge in [-0.3, -0.25) is 9.78 Å². The number of aromatic nitrogens is 3. The van der Waals surface area contributed by atoms with Crippen molar-refractivity contribution in [1.29, 1.82) is 0 Å². The molecule has 1 aliphatic rings. The van der Waals surface area contributed by atoms with E-state index in [2.05, 4.69) is 15.3 Å². The fourth-order valence-corrected chi connectivity index (χ4v) is 2.97. The molecule has 0 amide bonds. The highest BCUT2D eigenvalue weighted by molar-refractivity contribution is 5.36. The third-order valence-electron chi connectivity index (χ3n) is 4.44. The first-order valence-electron chi connectivity index (χ1n) is 8.20. The van der Waals surface area contributed by atoms with Gasteiger partial charge in [-0.1, -0.05) is 0 Å². The van der Waals surface area contributed by atoms with Crippen molar-refractivity contribution in [2.45, 2.75) is 32.4 Å². The van der Waals surface area contributed by atoms with Crippen LogP contribution in [0.15, 0.2) is 29.3 Å². The first-order valence-corrected chi connectivity index (χ1v) is 8.20. The first-order chi connectivity index (χ1) is 11.5. The van der Waals surface area contributed by atoms with Crippen LogP contribution >= 0.6 is 0 Å². The zero-order valence-electron chi connectivity index (χ0n) is 14.1. The average Bonchev–Trinajstić information content (AvgIpc) is 2.59. The van der Waals surface area contributed by atoms with E-state index in [-0.39, 0.29) is 11.3 Å². The Morgan fingerprint density at radius 3 is 2.83 bits per heavy atom. The van der Waals surface area contributed by atoms with E-state index in [1.54, 1.807) is 36.1 Å². The molecule has 7 nitrogen and oxygen atoms in total. The molecule has 0 atom stereocenters. The van der Waals surface area contributed by atoms with E-state index < -0.39 is 0 Å². The molecule has 1 fully saturated rings. The Balaban J connectivity index is 1.56. The topological polar surface area (TPSA) is 83.3 Å². The number of anilines is 1. The van der Waals surface area contributed by atoms with E-state index in [9.17, 15) is 9.90 Å². The highest BCUT2D eigenvalue weighted by atomic mass is 16.3. The second-order valence-corrected chi connectivity index (χ2v) is 6.23. The van der Waals surface area contributed by atoms with Crippen molar-refractivity contribution in [3.63, 3.8) is 0 Å². The van der Waals surface area contributed by atoms with Gasteiger partial charge >= 0.3 is 0 Å². The Labute approximate surface area is 141 Å². The zero-order valence-corrected chi connectivity index (χ0v) is 14.1. The summed E-state index contributed by atoms with van der Waals surface area (Å²) in [5.41, 5.74) is 1.51. The summed E-state index contributed by atoms with van der Waals surface area (Å²) in [7, 11) is 1.74. The molecule has 7 heteroatoms. The molecule has 1 aliphatic heterocycles. The van der Waals surface area contributed by atoms with Gasteiger partial charge in [0.25, 0.3) is 5.56 Å². The average molecular weight is 329 g/mol. The van der Waals surface area contributed by atoms with Crippen molar-refractivity contribution < 1.29 is 5.11 Å². The Bertz CT molecular complexity index is 766. The van der Waals surface area contributed by atoms with Crippen LogP contribution in [0.1, 0.15) is 24.2 Å². The quantitative estimate of drug-likeness (QED) is 0.869. The lowest BCUT2D eigenvalue weighted by Gasteiger charge is -2.32. The molecule has 24 heavy (non-hydrogen) atoms. The molecule has 3 rings (SSSR count). The van der Waals surface area contributed by atoms with Crippen molar-refractivity contribution >= 4 is 5.82 Å². The van der Waals surface area contributed by atoms with Crippen molar-refractivity contribution in [2.75, 3.05) is 18.0 Å². The van der Waals surface area contributed by atoms with Crippen LogP contribution in [0.3, 0.4) is 0 Å². The molecule has 128 valence electrons. The predicted molar refractivity (Wildman–Crippen MR) is 92.2 cm³/mol. The van der Waals surface area contributed by atoms with Crippen LogP contribution in [0.2, 0.25) is 0 Å². The van der Waals surface area contributed by atoms with Crippen molar-refractivity contribution in [3.8, 4) is 5.75 Å². The minimum atomic E-state index is -0.0576. The molecular weight excluding hydrogens is 306 g/mol. The van der Waals surface area contributed by atoms with Crippen molar-refractivity contribution in [2.24, 2.45) is 7.05 Å². The van der Waals surface area contributed by atoms with Gasteiger partial charge in [0.2, 0.25) is 0 Å². The van der Waals surface area contributed by atoms with Gasteiger partial charge in [0.1, 0.15) is 5.75 Å². The summed E-state index contributed by atoms with van der Waals surface area (Å²) in [5.74, 6) is 0.749. The highest BCUT2D eigenvalue weighted by Gasteiger charge is 2.22. The van der Waals surface area contributed by atoms with E-state index in [0.29, 0.717) is 24.1 Å². The number of nitrogens with one attached hydrogen (secondary N) is 1. The summed E-state index contributed by atoms with van der Waals surface area (Å²) in [4.78, 5) is 22.8. The highest BCUT2D eigenvalue weighted by Crippen LogP contribution is 2.17. The number of rotatable bonds is 4. The van der Waals surface area contributed by atoms with Crippen LogP contribution in [0.4, 0.5) is 5.82 Å². The maximum Gasteiger partial charge on any atom is 0.293 e. The lowest BCUT2D eigenvalue weighted by atomic mass is 10.0. The fourth-order valence-electron chi connectivity index (χ4n) is 2.97. The molecule has 1 saturated heterocycles. The summed E-state index contributed by atoms with van der Waals surface area (Å²) >= 11 is 0. The molecule has 0 radical (unpaired) electrons. The second-order valence-electron chi connectivity index (χ2n) is 6.23. The molecule has 0 saturated carbocycles. The Kier molecular flexibility index (Phi) is 4.80. The summed E-state index contributed by atoms with van der Waals surface area (Å²) in [6.07, 6.45) is 5.17. The molecule has 2 N–H and O–H groups in total. The fraction of sp³-hybridized carbons (Fsp3) is 0.471. The molecule has 0 aromatic carbocycles. The molecule has 0 bridgehead atoms. The lowest BCUT2D eigenvalue weighted by Crippen LogP contribution is -2.44. The minimum Gasteiger partial charge on any atom is -0.506 e. The van der Waals surface area contributed by atoms with E-state index in [4.69, 9.17) is 0 Å². The van der Waals surface area contributed by atoms with Gasteiger partial charge in [0, 0.05) is 50.8 Å². The van der Waals surface area contributed by atoms with Gasteiger partial charge in [-0.25, -0.2) is 4.98 Å². The number of hydrogen-bond donors (Lipinski definition) is 2. The smallest absolute Gasteiger partial charge is 0.293 e. The molecule has 0 spiro atoms. The van der Waals surface area contributed by atoms with Gasteiger partial charge in [-0.05, 0) is 31.9 Å². The number of pyridine rings is 1. The van der Waals surface area contributed by atoms with Gasteiger partial charge in [-0.2, -0.15) is 0 Å². The molecule has 0 aliphatic carbocycles.